The van der Waals surface area contributed by atoms with Crippen molar-refractivity contribution in [1.82, 2.24) is 10.2 Å². The summed E-state index contributed by atoms with van der Waals surface area (Å²) < 4.78 is 5.59. The van der Waals surface area contributed by atoms with Gasteiger partial charge in [0.05, 0.1) is 6.10 Å². The third-order valence-corrected chi connectivity index (χ3v) is 3.16. The molecule has 1 atom stereocenters. The van der Waals surface area contributed by atoms with Crippen molar-refractivity contribution in [2.75, 3.05) is 40.3 Å². The van der Waals surface area contributed by atoms with Gasteiger partial charge in [-0.3, -0.25) is 0 Å². The number of nitrogens with zero attached hydrogens (tertiary/aromatic N) is 1. The monoisotopic (exact) mass is 264 g/mol. The molecule has 19 heavy (non-hydrogen) atoms. The van der Waals surface area contributed by atoms with E-state index in [4.69, 9.17) is 4.74 Å². The second-order valence-corrected chi connectivity index (χ2v) is 5.50. The maximum atomic E-state index is 5.59. The summed E-state index contributed by atoms with van der Waals surface area (Å²) in [5, 5.41) is 3.46. The zero-order valence-corrected chi connectivity index (χ0v) is 12.7. The third kappa shape index (κ3) is 6.71. The Morgan fingerprint density at radius 1 is 1.21 bits per heavy atom. The van der Waals surface area contributed by atoms with Gasteiger partial charge in [-0.2, -0.15) is 0 Å². The minimum atomic E-state index is 0.149. The summed E-state index contributed by atoms with van der Waals surface area (Å²) in [5.41, 5.74) is 1.24. The van der Waals surface area contributed by atoms with Crippen molar-refractivity contribution in [3.05, 3.63) is 35.9 Å². The Kier molecular flexibility index (Phi) is 7.72. The van der Waals surface area contributed by atoms with Crippen LogP contribution in [-0.4, -0.2) is 45.2 Å². The summed E-state index contributed by atoms with van der Waals surface area (Å²) in [7, 11) is 3.93. The molecule has 1 unspecified atom stereocenters. The first kappa shape index (κ1) is 16.2. The number of rotatable bonds is 9. The van der Waals surface area contributed by atoms with E-state index in [2.05, 4.69) is 55.4 Å². The highest BCUT2D eigenvalue weighted by Gasteiger charge is 2.12. The molecular formula is C16H28N2O. The molecule has 0 radical (unpaired) electrons. The van der Waals surface area contributed by atoms with Gasteiger partial charge in [0.1, 0.15) is 0 Å². The molecular weight excluding hydrogens is 236 g/mol. The molecule has 3 heteroatoms. The molecule has 3 nitrogen and oxygen atoms in total. The van der Waals surface area contributed by atoms with Gasteiger partial charge in [0.15, 0.2) is 0 Å². The molecule has 0 saturated carbocycles. The first-order chi connectivity index (χ1) is 9.13. The third-order valence-electron chi connectivity index (χ3n) is 3.16. The zero-order chi connectivity index (χ0) is 14.1. The van der Waals surface area contributed by atoms with E-state index >= 15 is 0 Å². The lowest BCUT2D eigenvalue weighted by Crippen LogP contribution is -2.33. The normalized spacial score (nSPS) is 13.2. The van der Waals surface area contributed by atoms with Crippen molar-refractivity contribution in [2.45, 2.75) is 20.0 Å². The lowest BCUT2D eigenvalue weighted by atomic mass is 10.1. The first-order valence-corrected chi connectivity index (χ1v) is 7.10. The number of nitrogens with one attached hydrogen (secondary N) is 1. The number of methoxy groups -OCH3 is 1. The van der Waals surface area contributed by atoms with Crippen molar-refractivity contribution in [2.24, 2.45) is 5.92 Å². The molecule has 0 fully saturated rings. The van der Waals surface area contributed by atoms with Gasteiger partial charge in [0.25, 0.3) is 0 Å². The molecule has 0 aromatic heterocycles. The molecule has 0 aliphatic rings. The summed E-state index contributed by atoms with van der Waals surface area (Å²) in [6.07, 6.45) is 0.149. The van der Waals surface area contributed by atoms with E-state index in [0.29, 0.717) is 5.92 Å². The van der Waals surface area contributed by atoms with Crippen LogP contribution in [0.2, 0.25) is 0 Å². The highest BCUT2D eigenvalue weighted by Crippen LogP contribution is 2.16. The highest BCUT2D eigenvalue weighted by atomic mass is 16.5. The van der Waals surface area contributed by atoms with Crippen LogP contribution >= 0.6 is 0 Å². The smallest absolute Gasteiger partial charge is 0.0947 e. The van der Waals surface area contributed by atoms with Gasteiger partial charge in [-0.05, 0) is 25.1 Å². The fourth-order valence-electron chi connectivity index (χ4n) is 2.02. The molecule has 1 aromatic rings. The van der Waals surface area contributed by atoms with Crippen molar-refractivity contribution in [3.63, 3.8) is 0 Å². The molecule has 1 aromatic carbocycles. The fraction of sp³-hybridized carbons (Fsp3) is 0.625. The molecule has 0 bridgehead atoms. The van der Waals surface area contributed by atoms with Gasteiger partial charge in [-0.25, -0.2) is 0 Å². The maximum absolute atomic E-state index is 5.59. The molecule has 0 aliphatic carbocycles. The quantitative estimate of drug-likeness (QED) is 0.694. The second kappa shape index (κ2) is 9.08. The van der Waals surface area contributed by atoms with Crippen LogP contribution in [0.1, 0.15) is 25.5 Å². The molecule has 0 spiro atoms. The van der Waals surface area contributed by atoms with Crippen molar-refractivity contribution < 1.29 is 4.74 Å². The summed E-state index contributed by atoms with van der Waals surface area (Å²) in [4.78, 5) is 2.31. The average molecular weight is 264 g/mol. The molecule has 0 saturated heterocycles. The molecule has 1 rings (SSSR count). The Bertz CT molecular complexity index is 327. The van der Waals surface area contributed by atoms with Crippen LogP contribution in [0.25, 0.3) is 0 Å². The van der Waals surface area contributed by atoms with Crippen molar-refractivity contribution in [3.8, 4) is 0 Å². The maximum Gasteiger partial charge on any atom is 0.0947 e. The summed E-state index contributed by atoms with van der Waals surface area (Å²) in [6.45, 7) is 8.53. The minimum Gasteiger partial charge on any atom is -0.375 e. The molecule has 108 valence electrons. The zero-order valence-electron chi connectivity index (χ0n) is 12.7. The van der Waals surface area contributed by atoms with Gasteiger partial charge in [-0.1, -0.05) is 44.2 Å². The largest absolute Gasteiger partial charge is 0.375 e. The lowest BCUT2D eigenvalue weighted by Gasteiger charge is -2.23. The van der Waals surface area contributed by atoms with Gasteiger partial charge < -0.3 is 15.0 Å². The van der Waals surface area contributed by atoms with Crippen molar-refractivity contribution in [1.29, 1.82) is 0 Å². The Balaban J connectivity index is 2.31. The number of hydrogen-bond donors (Lipinski definition) is 1. The number of benzene rings is 1. The molecule has 1 N–H and O–H groups in total. The predicted molar refractivity (Wildman–Crippen MR) is 81.4 cm³/mol. The van der Waals surface area contributed by atoms with E-state index < -0.39 is 0 Å². The van der Waals surface area contributed by atoms with Crippen LogP contribution in [0.15, 0.2) is 30.3 Å². The van der Waals surface area contributed by atoms with E-state index in [1.54, 1.807) is 7.11 Å². The van der Waals surface area contributed by atoms with Crippen LogP contribution in [0, 0.1) is 5.92 Å². The van der Waals surface area contributed by atoms with E-state index in [-0.39, 0.29) is 6.10 Å². The fourth-order valence-corrected chi connectivity index (χ4v) is 2.02. The minimum absolute atomic E-state index is 0.149. The number of ether oxygens (including phenoxy) is 1. The lowest BCUT2D eigenvalue weighted by molar-refractivity contribution is 0.0718. The van der Waals surface area contributed by atoms with E-state index in [0.717, 1.165) is 26.2 Å². The Morgan fingerprint density at radius 3 is 2.47 bits per heavy atom. The average Bonchev–Trinajstić information content (AvgIpc) is 2.41. The van der Waals surface area contributed by atoms with Crippen LogP contribution in [-0.2, 0) is 4.74 Å². The predicted octanol–water partition coefficient (Wildman–Crippen LogP) is 2.55. The van der Waals surface area contributed by atoms with Crippen LogP contribution < -0.4 is 5.32 Å². The first-order valence-electron chi connectivity index (χ1n) is 7.10. The summed E-state index contributed by atoms with van der Waals surface area (Å²) >= 11 is 0. The van der Waals surface area contributed by atoms with E-state index in [1.807, 2.05) is 6.07 Å². The van der Waals surface area contributed by atoms with Gasteiger partial charge in [-0.15, -0.1) is 0 Å². The summed E-state index contributed by atoms with van der Waals surface area (Å²) in [5.74, 6) is 0.710. The number of hydrogen-bond acceptors (Lipinski definition) is 3. The van der Waals surface area contributed by atoms with Crippen LogP contribution in [0.3, 0.4) is 0 Å². The van der Waals surface area contributed by atoms with Gasteiger partial charge in [0.2, 0.25) is 0 Å². The van der Waals surface area contributed by atoms with Gasteiger partial charge >= 0.3 is 0 Å². The topological polar surface area (TPSA) is 24.5 Å². The second-order valence-electron chi connectivity index (χ2n) is 5.50. The Labute approximate surface area is 118 Å². The standard InChI is InChI=1S/C16H28N2O/c1-14(2)12-17-10-11-18(3)13-16(19-4)15-8-6-5-7-9-15/h5-9,14,16-17H,10-13H2,1-4H3. The van der Waals surface area contributed by atoms with E-state index in [9.17, 15) is 0 Å². The number of likely N-dealkylation sites (N-methyl/N-ethyl adjacent to an activating group) is 1. The SMILES string of the molecule is COC(CN(C)CCNCC(C)C)c1ccccc1. The van der Waals surface area contributed by atoms with Crippen molar-refractivity contribution >= 4 is 0 Å². The Hall–Kier alpha value is -0.900. The molecule has 0 amide bonds. The van der Waals surface area contributed by atoms with Gasteiger partial charge in [0, 0.05) is 26.7 Å². The Morgan fingerprint density at radius 2 is 1.89 bits per heavy atom. The highest BCUT2D eigenvalue weighted by molar-refractivity contribution is 5.17. The molecule has 0 heterocycles. The summed E-state index contributed by atoms with van der Waals surface area (Å²) in [6, 6.07) is 10.4. The van der Waals surface area contributed by atoms with E-state index in [1.165, 1.54) is 5.56 Å². The van der Waals surface area contributed by atoms with Crippen LogP contribution in [0.4, 0.5) is 0 Å². The van der Waals surface area contributed by atoms with Crippen LogP contribution in [0.5, 0.6) is 0 Å². The molecule has 0 aliphatic heterocycles.